The van der Waals surface area contributed by atoms with Crippen LogP contribution >= 0.6 is 0 Å². The summed E-state index contributed by atoms with van der Waals surface area (Å²) >= 11 is 0. The van der Waals surface area contributed by atoms with Crippen molar-refractivity contribution in [3.8, 4) is 5.75 Å². The number of hydrogen-bond donors (Lipinski definition) is 1. The predicted molar refractivity (Wildman–Crippen MR) is 86.4 cm³/mol. The Morgan fingerprint density at radius 1 is 1.22 bits per heavy atom. The topological polar surface area (TPSA) is 81.5 Å². The van der Waals surface area contributed by atoms with Crippen molar-refractivity contribution in [3.63, 3.8) is 0 Å². The molecule has 0 heterocycles. The third-order valence-electron chi connectivity index (χ3n) is 3.52. The molecular weight excluding hydrogens is 296 g/mol. The second-order valence-corrected chi connectivity index (χ2v) is 5.09. The van der Waals surface area contributed by atoms with E-state index in [1.807, 2.05) is 31.2 Å². The number of amides is 1. The van der Waals surface area contributed by atoms with Gasteiger partial charge in [-0.25, -0.2) is 0 Å². The lowest BCUT2D eigenvalue weighted by molar-refractivity contribution is -0.385. The van der Waals surface area contributed by atoms with E-state index >= 15 is 0 Å². The summed E-state index contributed by atoms with van der Waals surface area (Å²) in [5, 5.41) is 13.8. The molecule has 0 aliphatic carbocycles. The number of benzene rings is 2. The first kappa shape index (κ1) is 16.5. The van der Waals surface area contributed by atoms with Crippen molar-refractivity contribution < 1.29 is 14.5 Å². The van der Waals surface area contributed by atoms with Gasteiger partial charge in [0.1, 0.15) is 5.75 Å². The lowest BCUT2D eigenvalue weighted by Gasteiger charge is -2.17. The molecule has 0 radical (unpaired) electrons. The van der Waals surface area contributed by atoms with Gasteiger partial charge in [0.15, 0.2) is 0 Å². The highest BCUT2D eigenvalue weighted by Gasteiger charge is 2.18. The first-order valence-electron chi connectivity index (χ1n) is 7.17. The fourth-order valence-electron chi connectivity index (χ4n) is 2.41. The molecule has 2 rings (SSSR count). The second kappa shape index (κ2) is 7.40. The van der Waals surface area contributed by atoms with Crippen LogP contribution in [0.2, 0.25) is 0 Å². The van der Waals surface area contributed by atoms with E-state index in [0.717, 1.165) is 5.56 Å². The number of nitrogens with one attached hydrogen (secondary N) is 1. The Hall–Kier alpha value is -2.89. The summed E-state index contributed by atoms with van der Waals surface area (Å²) in [7, 11) is 1.57. The van der Waals surface area contributed by atoms with E-state index in [9.17, 15) is 14.9 Å². The SMILES string of the molecule is COc1ccccc1[C@@H](C)NC(=O)Cc1ccccc1[N+](=O)[O-]. The fraction of sp³-hybridized carbons (Fsp3) is 0.235. The molecule has 0 bridgehead atoms. The Morgan fingerprint density at radius 2 is 1.87 bits per heavy atom. The van der Waals surface area contributed by atoms with Gasteiger partial charge in [0.2, 0.25) is 5.91 Å². The van der Waals surface area contributed by atoms with Crippen LogP contribution in [0.5, 0.6) is 5.75 Å². The van der Waals surface area contributed by atoms with Gasteiger partial charge in [-0.2, -0.15) is 0 Å². The number of carbonyl (C=O) groups is 1. The highest BCUT2D eigenvalue weighted by atomic mass is 16.6. The lowest BCUT2D eigenvalue weighted by Crippen LogP contribution is -2.28. The fourth-order valence-corrected chi connectivity index (χ4v) is 2.41. The van der Waals surface area contributed by atoms with E-state index in [0.29, 0.717) is 11.3 Å². The van der Waals surface area contributed by atoms with Gasteiger partial charge in [0, 0.05) is 17.2 Å². The van der Waals surface area contributed by atoms with Crippen LogP contribution < -0.4 is 10.1 Å². The summed E-state index contributed by atoms with van der Waals surface area (Å²) < 4.78 is 5.28. The Balaban J connectivity index is 2.09. The van der Waals surface area contributed by atoms with Gasteiger partial charge < -0.3 is 10.1 Å². The third-order valence-corrected chi connectivity index (χ3v) is 3.52. The van der Waals surface area contributed by atoms with Crippen LogP contribution in [0.15, 0.2) is 48.5 Å². The molecule has 120 valence electrons. The Morgan fingerprint density at radius 3 is 2.57 bits per heavy atom. The molecule has 0 aliphatic heterocycles. The van der Waals surface area contributed by atoms with Crippen molar-refractivity contribution in [1.29, 1.82) is 0 Å². The number of nitrogens with zero attached hydrogens (tertiary/aromatic N) is 1. The summed E-state index contributed by atoms with van der Waals surface area (Å²) in [6, 6.07) is 13.4. The molecule has 1 atom stereocenters. The summed E-state index contributed by atoms with van der Waals surface area (Å²) in [6.45, 7) is 1.84. The predicted octanol–water partition coefficient (Wildman–Crippen LogP) is 3.02. The first-order valence-corrected chi connectivity index (χ1v) is 7.17. The normalized spacial score (nSPS) is 11.6. The van der Waals surface area contributed by atoms with Gasteiger partial charge in [-0.1, -0.05) is 36.4 Å². The van der Waals surface area contributed by atoms with Gasteiger partial charge in [-0.05, 0) is 13.0 Å². The quantitative estimate of drug-likeness (QED) is 0.656. The Kier molecular flexibility index (Phi) is 5.30. The highest BCUT2D eigenvalue weighted by Crippen LogP contribution is 2.24. The van der Waals surface area contributed by atoms with Crippen molar-refractivity contribution in [2.45, 2.75) is 19.4 Å². The van der Waals surface area contributed by atoms with Crippen molar-refractivity contribution >= 4 is 11.6 Å². The summed E-state index contributed by atoms with van der Waals surface area (Å²) in [5.41, 5.74) is 1.20. The summed E-state index contributed by atoms with van der Waals surface area (Å²) in [4.78, 5) is 22.7. The second-order valence-electron chi connectivity index (χ2n) is 5.09. The van der Waals surface area contributed by atoms with Crippen LogP contribution in [-0.2, 0) is 11.2 Å². The maximum absolute atomic E-state index is 12.2. The highest BCUT2D eigenvalue weighted by molar-refractivity contribution is 5.80. The van der Waals surface area contributed by atoms with Crippen LogP contribution in [0, 0.1) is 10.1 Å². The molecule has 0 unspecified atom stereocenters. The van der Waals surface area contributed by atoms with Crippen LogP contribution in [0.25, 0.3) is 0 Å². The number of rotatable bonds is 6. The molecule has 0 fully saturated rings. The maximum Gasteiger partial charge on any atom is 0.273 e. The Labute approximate surface area is 134 Å². The molecule has 2 aromatic carbocycles. The van der Waals surface area contributed by atoms with Gasteiger partial charge in [0.05, 0.1) is 24.5 Å². The molecule has 0 spiro atoms. The van der Waals surface area contributed by atoms with E-state index in [2.05, 4.69) is 5.32 Å². The monoisotopic (exact) mass is 314 g/mol. The van der Waals surface area contributed by atoms with E-state index in [4.69, 9.17) is 4.74 Å². The number of para-hydroxylation sites is 2. The molecule has 6 nitrogen and oxygen atoms in total. The number of nitro groups is 1. The van der Waals surface area contributed by atoms with E-state index < -0.39 is 4.92 Å². The summed E-state index contributed by atoms with van der Waals surface area (Å²) in [5.74, 6) is 0.406. The van der Waals surface area contributed by atoms with Gasteiger partial charge in [-0.15, -0.1) is 0 Å². The molecule has 1 N–H and O–H groups in total. The average Bonchev–Trinajstić information content (AvgIpc) is 2.54. The zero-order valence-electron chi connectivity index (χ0n) is 13.0. The molecule has 0 saturated carbocycles. The first-order chi connectivity index (χ1) is 11.0. The molecular formula is C17H18N2O4. The van der Waals surface area contributed by atoms with Crippen molar-refractivity contribution in [3.05, 3.63) is 69.8 Å². The zero-order chi connectivity index (χ0) is 16.8. The number of carbonyl (C=O) groups excluding carboxylic acids is 1. The zero-order valence-corrected chi connectivity index (χ0v) is 13.0. The molecule has 2 aromatic rings. The minimum absolute atomic E-state index is 0.0450. The number of ether oxygens (including phenoxy) is 1. The van der Waals surface area contributed by atoms with E-state index in [1.54, 1.807) is 25.3 Å². The number of methoxy groups -OCH3 is 1. The minimum Gasteiger partial charge on any atom is -0.496 e. The Bertz CT molecular complexity index is 715. The number of hydrogen-bond acceptors (Lipinski definition) is 4. The molecule has 0 aliphatic rings. The van der Waals surface area contributed by atoms with Gasteiger partial charge >= 0.3 is 0 Å². The summed E-state index contributed by atoms with van der Waals surface area (Å²) in [6.07, 6.45) is -0.0450. The lowest BCUT2D eigenvalue weighted by atomic mass is 10.1. The van der Waals surface area contributed by atoms with Gasteiger partial charge in [-0.3, -0.25) is 14.9 Å². The maximum atomic E-state index is 12.2. The largest absolute Gasteiger partial charge is 0.496 e. The van der Waals surface area contributed by atoms with Crippen molar-refractivity contribution in [2.24, 2.45) is 0 Å². The number of nitro benzene ring substituents is 1. The van der Waals surface area contributed by atoms with Crippen LogP contribution in [0.3, 0.4) is 0 Å². The van der Waals surface area contributed by atoms with Crippen LogP contribution in [0.1, 0.15) is 24.1 Å². The molecule has 1 amide bonds. The smallest absolute Gasteiger partial charge is 0.273 e. The van der Waals surface area contributed by atoms with Crippen molar-refractivity contribution in [1.82, 2.24) is 5.32 Å². The van der Waals surface area contributed by atoms with E-state index in [-0.39, 0.29) is 24.1 Å². The molecule has 0 saturated heterocycles. The van der Waals surface area contributed by atoms with Gasteiger partial charge in [0.25, 0.3) is 5.69 Å². The van der Waals surface area contributed by atoms with Crippen LogP contribution in [0.4, 0.5) is 5.69 Å². The molecule has 6 heteroatoms. The third kappa shape index (κ3) is 4.06. The molecule has 0 aromatic heterocycles. The van der Waals surface area contributed by atoms with Crippen molar-refractivity contribution in [2.75, 3.05) is 7.11 Å². The van der Waals surface area contributed by atoms with Crippen LogP contribution in [-0.4, -0.2) is 17.9 Å². The average molecular weight is 314 g/mol. The minimum atomic E-state index is -0.480. The standard InChI is InChI=1S/C17H18N2O4/c1-12(14-8-4-6-10-16(14)23-2)18-17(20)11-13-7-3-5-9-15(13)19(21)22/h3-10,12H,11H2,1-2H3,(H,18,20)/t12-/m1/s1. The molecule has 23 heavy (non-hydrogen) atoms. The van der Waals surface area contributed by atoms with E-state index in [1.165, 1.54) is 6.07 Å².